The Bertz CT molecular complexity index is 1110. The average Bonchev–Trinajstić information content (AvgIpc) is 2.56. The van der Waals surface area contributed by atoms with E-state index in [0.29, 0.717) is 27.4 Å². The summed E-state index contributed by atoms with van der Waals surface area (Å²) >= 11 is 11.3. The first kappa shape index (κ1) is 19.0. The number of pyridine rings is 1. The van der Waals surface area contributed by atoms with Crippen molar-refractivity contribution in [1.82, 2.24) is 9.97 Å². The Kier molecular flexibility index (Phi) is 5.73. The average molecular weight is 546 g/mol. The second-order valence-electron chi connectivity index (χ2n) is 5.29. The molecule has 0 amide bonds. The summed E-state index contributed by atoms with van der Waals surface area (Å²) in [7, 11) is 0. The summed E-state index contributed by atoms with van der Waals surface area (Å²) in [6.07, 6.45) is 3.06. The molecule has 6 nitrogen and oxygen atoms in total. The Morgan fingerprint density at radius 1 is 1.46 bits per heavy atom. The third kappa shape index (κ3) is 4.13. The highest BCUT2D eigenvalue weighted by molar-refractivity contribution is 14.1. The van der Waals surface area contributed by atoms with Gasteiger partial charge in [0.05, 0.1) is 19.6 Å². The van der Waals surface area contributed by atoms with E-state index in [4.69, 9.17) is 21.4 Å². The zero-order valence-electron chi connectivity index (χ0n) is 13.3. The van der Waals surface area contributed by atoms with Crippen molar-refractivity contribution < 1.29 is 4.42 Å². The lowest BCUT2D eigenvalue weighted by Crippen LogP contribution is -2.10. The summed E-state index contributed by atoms with van der Waals surface area (Å²) in [6.45, 7) is 1.86. The van der Waals surface area contributed by atoms with Crippen molar-refractivity contribution in [3.05, 3.63) is 67.9 Å². The lowest BCUT2D eigenvalue weighted by Gasteiger charge is -2.11. The molecule has 0 spiro atoms. The molecule has 0 atom stereocenters. The lowest BCUT2D eigenvalue weighted by atomic mass is 10.1. The van der Waals surface area contributed by atoms with E-state index in [-0.39, 0.29) is 9.61 Å². The Hall–Kier alpha value is -1.78. The van der Waals surface area contributed by atoms with Crippen molar-refractivity contribution in [3.8, 4) is 0 Å². The Balaban J connectivity index is 2.18. The normalized spacial score (nSPS) is 11.6. The fourth-order valence-electron chi connectivity index (χ4n) is 2.31. The molecule has 0 unspecified atom stereocenters. The van der Waals surface area contributed by atoms with Crippen molar-refractivity contribution in [2.75, 3.05) is 5.32 Å². The number of allylic oxidation sites excluding steroid dienone is 1. The summed E-state index contributed by atoms with van der Waals surface area (Å²) in [4.78, 5) is 21.1. The van der Waals surface area contributed by atoms with E-state index in [0.717, 1.165) is 10.0 Å². The zero-order chi connectivity index (χ0) is 18.8. The van der Waals surface area contributed by atoms with Crippen LogP contribution in [0.1, 0.15) is 11.5 Å². The minimum Gasteiger partial charge on any atom is -0.401 e. The van der Waals surface area contributed by atoms with Crippen LogP contribution in [0.25, 0.3) is 16.6 Å². The molecule has 2 N–H and O–H groups in total. The van der Waals surface area contributed by atoms with Gasteiger partial charge in [-0.3, -0.25) is 5.41 Å². The van der Waals surface area contributed by atoms with Gasteiger partial charge in [0.15, 0.2) is 0 Å². The number of fused-ring (bicyclic) bond motifs is 1. The van der Waals surface area contributed by atoms with E-state index >= 15 is 0 Å². The Morgan fingerprint density at radius 3 is 2.92 bits per heavy atom. The molecule has 0 saturated heterocycles. The maximum Gasteiger partial charge on any atom is 0.347 e. The van der Waals surface area contributed by atoms with Gasteiger partial charge in [-0.05, 0) is 65.4 Å². The topological polar surface area (TPSA) is 91.9 Å². The predicted octanol–water partition coefficient (Wildman–Crippen LogP) is 5.17. The molecule has 0 radical (unpaired) electrons. The molecule has 132 valence electrons. The number of anilines is 1. The van der Waals surface area contributed by atoms with E-state index < -0.39 is 5.63 Å². The van der Waals surface area contributed by atoms with Crippen LogP contribution in [-0.2, 0) is 0 Å². The molecule has 0 bridgehead atoms. The molecule has 0 saturated carbocycles. The van der Waals surface area contributed by atoms with Gasteiger partial charge in [-0.25, -0.2) is 14.8 Å². The second kappa shape index (κ2) is 7.85. The minimum atomic E-state index is -0.519. The van der Waals surface area contributed by atoms with Crippen LogP contribution < -0.4 is 10.9 Å². The van der Waals surface area contributed by atoms with Crippen LogP contribution in [0, 0.1) is 12.3 Å². The molecule has 0 aliphatic heterocycles. The van der Waals surface area contributed by atoms with Crippen molar-refractivity contribution >= 4 is 76.3 Å². The van der Waals surface area contributed by atoms with Crippen LogP contribution in [-0.4, -0.2) is 13.7 Å². The molecule has 3 aromatic rings. The number of halogens is 3. The smallest absolute Gasteiger partial charge is 0.347 e. The Labute approximate surface area is 175 Å². The predicted molar refractivity (Wildman–Crippen MR) is 115 cm³/mol. The van der Waals surface area contributed by atoms with Gasteiger partial charge in [-0.15, -0.1) is 0 Å². The number of hydrogen-bond acceptors (Lipinski definition) is 6. The number of aryl methyl sites for hydroxylation is 1. The highest BCUT2D eigenvalue weighted by Gasteiger charge is 2.15. The van der Waals surface area contributed by atoms with Gasteiger partial charge in [0.25, 0.3) is 0 Å². The van der Waals surface area contributed by atoms with E-state index in [1.54, 1.807) is 24.4 Å². The van der Waals surface area contributed by atoms with Crippen LogP contribution in [0.5, 0.6) is 0 Å². The van der Waals surface area contributed by atoms with E-state index in [1.807, 2.05) is 35.6 Å². The second-order valence-corrected chi connectivity index (χ2v) is 7.78. The molecule has 0 aliphatic carbocycles. The number of nitrogens with one attached hydrogen (secondary N) is 2. The molecule has 9 heteroatoms. The monoisotopic (exact) mass is 544 g/mol. The van der Waals surface area contributed by atoms with Crippen LogP contribution >= 0.6 is 50.1 Å². The largest absolute Gasteiger partial charge is 0.401 e. The highest BCUT2D eigenvalue weighted by atomic mass is 127. The minimum absolute atomic E-state index is 0.0519. The standard InChI is InChI=1S/C17H11BrClIN4O2/c1-8-5-9(18)6-10-14(8)24-16(26-17(10)25)12(7-13(20)21)23-15-11(19)3-2-4-22-15/h2-7,21H,1H3,(H,22,23)/b12-7-,21-13?. The molecular weight excluding hydrogens is 534 g/mol. The lowest BCUT2D eigenvalue weighted by molar-refractivity contribution is 0.486. The van der Waals surface area contributed by atoms with Gasteiger partial charge >= 0.3 is 5.63 Å². The zero-order valence-corrected chi connectivity index (χ0v) is 17.8. The van der Waals surface area contributed by atoms with Crippen molar-refractivity contribution in [1.29, 1.82) is 5.41 Å². The van der Waals surface area contributed by atoms with E-state index in [9.17, 15) is 4.79 Å². The van der Waals surface area contributed by atoms with E-state index in [2.05, 4.69) is 31.2 Å². The van der Waals surface area contributed by atoms with Gasteiger partial charge in [0.1, 0.15) is 11.5 Å². The van der Waals surface area contributed by atoms with Crippen LogP contribution in [0.4, 0.5) is 5.82 Å². The fourth-order valence-corrected chi connectivity index (χ4v) is 3.36. The SMILES string of the molecule is Cc1cc(Br)cc2c(=O)oc(/C(=C/C(=N)I)Nc3ncccc3Cl)nc12. The van der Waals surface area contributed by atoms with Crippen molar-refractivity contribution in [2.45, 2.75) is 6.92 Å². The summed E-state index contributed by atoms with van der Waals surface area (Å²) in [5.41, 5.74) is 1.14. The number of hydrogen-bond donors (Lipinski definition) is 2. The first-order chi connectivity index (χ1) is 12.3. The Morgan fingerprint density at radius 2 is 2.23 bits per heavy atom. The molecule has 2 aromatic heterocycles. The fraction of sp³-hybridized carbons (Fsp3) is 0.0588. The highest BCUT2D eigenvalue weighted by Crippen LogP contribution is 2.25. The van der Waals surface area contributed by atoms with Crippen molar-refractivity contribution in [3.63, 3.8) is 0 Å². The third-order valence-electron chi connectivity index (χ3n) is 3.40. The molecule has 0 fully saturated rings. The summed E-state index contributed by atoms with van der Waals surface area (Å²) in [6, 6.07) is 6.91. The van der Waals surface area contributed by atoms with Gasteiger partial charge < -0.3 is 9.73 Å². The molecule has 2 heterocycles. The summed E-state index contributed by atoms with van der Waals surface area (Å²) in [5.74, 6) is 0.422. The maximum atomic E-state index is 12.4. The van der Waals surface area contributed by atoms with Crippen LogP contribution in [0.15, 0.2) is 50.2 Å². The van der Waals surface area contributed by atoms with Crippen LogP contribution in [0.2, 0.25) is 5.02 Å². The van der Waals surface area contributed by atoms with Gasteiger partial charge in [0.2, 0.25) is 5.89 Å². The first-order valence-corrected chi connectivity index (χ1v) is 9.55. The number of rotatable bonds is 4. The third-order valence-corrected chi connectivity index (χ3v) is 4.48. The maximum absolute atomic E-state index is 12.4. The quantitative estimate of drug-likeness (QED) is 0.349. The summed E-state index contributed by atoms with van der Waals surface area (Å²) < 4.78 is 6.37. The number of aromatic nitrogens is 2. The van der Waals surface area contributed by atoms with Crippen LogP contribution in [0.3, 0.4) is 0 Å². The molecular formula is C17H11BrClIN4O2. The molecule has 3 rings (SSSR count). The molecule has 0 aliphatic rings. The van der Waals surface area contributed by atoms with Gasteiger partial charge in [0, 0.05) is 10.7 Å². The van der Waals surface area contributed by atoms with Gasteiger partial charge in [-0.2, -0.15) is 0 Å². The molecule has 1 aromatic carbocycles. The molecule has 26 heavy (non-hydrogen) atoms. The van der Waals surface area contributed by atoms with E-state index in [1.165, 1.54) is 6.08 Å². The van der Waals surface area contributed by atoms with Gasteiger partial charge in [-0.1, -0.05) is 27.5 Å². The summed E-state index contributed by atoms with van der Waals surface area (Å²) in [5, 5.41) is 11.5. The number of nitrogens with zero attached hydrogens (tertiary/aromatic N) is 2. The first-order valence-electron chi connectivity index (χ1n) is 7.30. The number of benzene rings is 1. The van der Waals surface area contributed by atoms with Crippen molar-refractivity contribution in [2.24, 2.45) is 0 Å².